The Balaban J connectivity index is 1.61. The molecule has 1 heterocycles. The Labute approximate surface area is 167 Å². The first-order valence-corrected chi connectivity index (χ1v) is 9.21. The van der Waals surface area contributed by atoms with Gasteiger partial charge in [0.15, 0.2) is 0 Å². The number of hydrogen-bond acceptors (Lipinski definition) is 4. The minimum Gasteiger partial charge on any atom is -0.497 e. The third-order valence-electron chi connectivity index (χ3n) is 4.92. The summed E-state index contributed by atoms with van der Waals surface area (Å²) in [5.74, 6) is 0.952. The maximum Gasteiger partial charge on any atom is 0.416 e. The van der Waals surface area contributed by atoms with Crippen molar-refractivity contribution in [1.82, 2.24) is 9.80 Å². The van der Waals surface area contributed by atoms with Crippen molar-refractivity contribution in [2.75, 3.05) is 40.4 Å². The molecular formula is C21H23F3N2O3. The molecule has 2 aromatic rings. The molecule has 0 saturated carbocycles. The van der Waals surface area contributed by atoms with Crippen LogP contribution in [0.15, 0.2) is 42.5 Å². The third kappa shape index (κ3) is 5.20. The van der Waals surface area contributed by atoms with Crippen molar-refractivity contribution in [1.29, 1.82) is 0 Å². The van der Waals surface area contributed by atoms with Crippen molar-refractivity contribution >= 4 is 5.91 Å². The summed E-state index contributed by atoms with van der Waals surface area (Å²) < 4.78 is 49.1. The lowest BCUT2D eigenvalue weighted by Gasteiger charge is -2.35. The zero-order valence-electron chi connectivity index (χ0n) is 16.3. The molecule has 0 atom stereocenters. The number of halogens is 3. The zero-order valence-corrected chi connectivity index (χ0v) is 16.3. The number of ether oxygens (including phenoxy) is 2. The first kappa shape index (κ1) is 21.0. The summed E-state index contributed by atoms with van der Waals surface area (Å²) in [7, 11) is 3.05. The van der Waals surface area contributed by atoms with E-state index in [1.165, 1.54) is 26.4 Å². The normalized spacial score (nSPS) is 15.3. The van der Waals surface area contributed by atoms with E-state index in [-0.39, 0.29) is 5.91 Å². The molecule has 0 bridgehead atoms. The maximum absolute atomic E-state index is 12.9. The lowest BCUT2D eigenvalue weighted by Crippen LogP contribution is -2.48. The van der Waals surface area contributed by atoms with Gasteiger partial charge >= 0.3 is 6.18 Å². The second-order valence-electron chi connectivity index (χ2n) is 6.87. The van der Waals surface area contributed by atoms with E-state index < -0.39 is 11.7 Å². The van der Waals surface area contributed by atoms with Crippen LogP contribution in [0.5, 0.6) is 11.5 Å². The highest BCUT2D eigenvalue weighted by Gasteiger charge is 2.30. The van der Waals surface area contributed by atoms with Crippen LogP contribution in [0, 0.1) is 0 Å². The highest BCUT2D eigenvalue weighted by atomic mass is 19.4. The molecule has 0 unspecified atom stereocenters. The van der Waals surface area contributed by atoms with Crippen LogP contribution in [0.2, 0.25) is 0 Å². The van der Waals surface area contributed by atoms with Gasteiger partial charge in [-0.25, -0.2) is 0 Å². The van der Waals surface area contributed by atoms with Gasteiger partial charge in [0.2, 0.25) is 0 Å². The fraction of sp³-hybridized carbons (Fsp3) is 0.381. The van der Waals surface area contributed by atoms with Gasteiger partial charge in [0, 0.05) is 44.4 Å². The van der Waals surface area contributed by atoms with Crippen LogP contribution >= 0.6 is 0 Å². The molecule has 0 radical (unpaired) electrons. The number of methoxy groups -OCH3 is 2. The van der Waals surface area contributed by atoms with Crippen LogP contribution in [0.25, 0.3) is 0 Å². The monoisotopic (exact) mass is 408 g/mol. The minimum absolute atomic E-state index is 0.124. The van der Waals surface area contributed by atoms with E-state index in [4.69, 9.17) is 9.47 Å². The highest BCUT2D eigenvalue weighted by molar-refractivity contribution is 5.95. The predicted molar refractivity (Wildman–Crippen MR) is 102 cm³/mol. The van der Waals surface area contributed by atoms with Crippen LogP contribution < -0.4 is 9.47 Å². The van der Waals surface area contributed by atoms with Gasteiger partial charge in [-0.05, 0) is 23.8 Å². The molecule has 8 heteroatoms. The number of carbonyl (C=O) groups is 1. The van der Waals surface area contributed by atoms with E-state index in [0.717, 1.165) is 6.07 Å². The van der Waals surface area contributed by atoms with E-state index in [0.29, 0.717) is 55.3 Å². The molecule has 3 rings (SSSR count). The Morgan fingerprint density at radius 3 is 2.14 bits per heavy atom. The lowest BCUT2D eigenvalue weighted by atomic mass is 10.1. The van der Waals surface area contributed by atoms with Gasteiger partial charge in [-0.15, -0.1) is 0 Å². The number of hydrogen-bond donors (Lipinski definition) is 0. The summed E-state index contributed by atoms with van der Waals surface area (Å²) in [5.41, 5.74) is 0.445. The number of nitrogens with zero attached hydrogens (tertiary/aromatic N) is 2. The van der Waals surface area contributed by atoms with Gasteiger partial charge in [-0.1, -0.05) is 18.2 Å². The molecule has 0 aromatic heterocycles. The summed E-state index contributed by atoms with van der Waals surface area (Å²) in [4.78, 5) is 16.6. The topological polar surface area (TPSA) is 42.0 Å². The summed E-state index contributed by atoms with van der Waals surface area (Å²) >= 11 is 0. The molecule has 156 valence electrons. The Morgan fingerprint density at radius 1 is 0.966 bits per heavy atom. The average molecular weight is 408 g/mol. The van der Waals surface area contributed by atoms with Gasteiger partial charge in [0.1, 0.15) is 11.5 Å². The average Bonchev–Trinajstić information content (AvgIpc) is 2.73. The van der Waals surface area contributed by atoms with Crippen molar-refractivity contribution in [3.63, 3.8) is 0 Å². The lowest BCUT2D eigenvalue weighted by molar-refractivity contribution is -0.137. The van der Waals surface area contributed by atoms with Crippen molar-refractivity contribution in [2.45, 2.75) is 12.7 Å². The Bertz CT molecular complexity index is 840. The van der Waals surface area contributed by atoms with Crippen LogP contribution in [-0.4, -0.2) is 56.1 Å². The Morgan fingerprint density at radius 2 is 1.59 bits per heavy atom. The zero-order chi connectivity index (χ0) is 21.0. The fourth-order valence-electron chi connectivity index (χ4n) is 3.33. The van der Waals surface area contributed by atoms with Gasteiger partial charge < -0.3 is 14.4 Å². The van der Waals surface area contributed by atoms with Crippen LogP contribution in [0.1, 0.15) is 21.5 Å². The molecule has 1 saturated heterocycles. The smallest absolute Gasteiger partial charge is 0.416 e. The number of rotatable bonds is 5. The second-order valence-corrected chi connectivity index (χ2v) is 6.87. The quantitative estimate of drug-likeness (QED) is 0.757. The number of piperazine rings is 1. The first-order chi connectivity index (χ1) is 13.8. The molecule has 0 N–H and O–H groups in total. The number of carbonyl (C=O) groups excluding carboxylic acids is 1. The maximum atomic E-state index is 12.9. The second kappa shape index (κ2) is 8.73. The summed E-state index contributed by atoms with van der Waals surface area (Å²) in [6, 6.07) is 10.4. The van der Waals surface area contributed by atoms with Gasteiger partial charge in [0.05, 0.1) is 19.8 Å². The van der Waals surface area contributed by atoms with E-state index in [1.807, 2.05) is 4.90 Å². The van der Waals surface area contributed by atoms with Gasteiger partial charge in [-0.3, -0.25) is 9.69 Å². The molecule has 1 amide bonds. The molecule has 29 heavy (non-hydrogen) atoms. The van der Waals surface area contributed by atoms with Crippen molar-refractivity contribution in [2.24, 2.45) is 0 Å². The van der Waals surface area contributed by atoms with Crippen LogP contribution in [0.3, 0.4) is 0 Å². The highest BCUT2D eigenvalue weighted by Crippen LogP contribution is 2.30. The molecule has 1 fully saturated rings. The van der Waals surface area contributed by atoms with E-state index in [1.54, 1.807) is 29.2 Å². The Hall–Kier alpha value is -2.74. The van der Waals surface area contributed by atoms with Crippen LogP contribution in [0.4, 0.5) is 13.2 Å². The standard InChI is InChI=1S/C21H23F3N2O3/c1-28-18-11-16(12-19(13-18)29-2)20(27)26-8-6-25(7-9-26)14-15-4-3-5-17(10-15)21(22,23)24/h3-5,10-13H,6-9,14H2,1-2H3. The Kier molecular flexibility index (Phi) is 6.32. The number of alkyl halides is 3. The molecule has 0 spiro atoms. The predicted octanol–water partition coefficient (Wildman–Crippen LogP) is 3.68. The summed E-state index contributed by atoms with van der Waals surface area (Å²) in [5, 5.41) is 0. The van der Waals surface area contributed by atoms with E-state index in [9.17, 15) is 18.0 Å². The fourth-order valence-corrected chi connectivity index (χ4v) is 3.33. The third-order valence-corrected chi connectivity index (χ3v) is 4.92. The molecule has 5 nitrogen and oxygen atoms in total. The molecule has 0 aliphatic carbocycles. The first-order valence-electron chi connectivity index (χ1n) is 9.21. The van der Waals surface area contributed by atoms with Crippen molar-refractivity contribution < 1.29 is 27.4 Å². The minimum atomic E-state index is -4.35. The summed E-state index contributed by atoms with van der Waals surface area (Å²) in [6.45, 7) is 2.58. The SMILES string of the molecule is COc1cc(OC)cc(C(=O)N2CCN(Cc3cccc(C(F)(F)F)c3)CC2)c1. The van der Waals surface area contributed by atoms with Crippen molar-refractivity contribution in [3.05, 3.63) is 59.2 Å². The van der Waals surface area contributed by atoms with E-state index in [2.05, 4.69) is 0 Å². The number of amides is 1. The molecular weight excluding hydrogens is 385 g/mol. The largest absolute Gasteiger partial charge is 0.497 e. The molecule has 1 aliphatic heterocycles. The van der Waals surface area contributed by atoms with E-state index >= 15 is 0 Å². The van der Waals surface area contributed by atoms with Crippen LogP contribution in [-0.2, 0) is 12.7 Å². The number of benzene rings is 2. The summed E-state index contributed by atoms with van der Waals surface area (Å²) in [6.07, 6.45) is -4.35. The van der Waals surface area contributed by atoms with Gasteiger partial charge in [-0.2, -0.15) is 13.2 Å². The van der Waals surface area contributed by atoms with Gasteiger partial charge in [0.25, 0.3) is 5.91 Å². The molecule has 1 aliphatic rings. The molecule has 2 aromatic carbocycles. The van der Waals surface area contributed by atoms with Crippen molar-refractivity contribution in [3.8, 4) is 11.5 Å².